The van der Waals surface area contributed by atoms with Crippen LogP contribution in [0.5, 0.6) is 0 Å². The summed E-state index contributed by atoms with van der Waals surface area (Å²) in [6, 6.07) is 28.4. The van der Waals surface area contributed by atoms with E-state index in [1.807, 2.05) is 67.6 Å². The molecule has 0 spiro atoms. The van der Waals surface area contributed by atoms with Crippen molar-refractivity contribution in [3.05, 3.63) is 102 Å². The van der Waals surface area contributed by atoms with E-state index in [9.17, 15) is 4.79 Å². The average Bonchev–Trinajstić information content (AvgIpc) is 3.05. The number of thioether (sulfide) groups is 1. The number of carbonyl (C=O) groups excluding carboxylic acids is 1. The van der Waals surface area contributed by atoms with Gasteiger partial charge in [-0.2, -0.15) is 0 Å². The monoisotopic (exact) mass is 372 g/mol. The number of nitrogens with one attached hydrogen (secondary N) is 1. The second-order valence-electron chi connectivity index (χ2n) is 6.58. The standard InChI is InChI=1S/C23H20N2OS/c1-16-12-14-19(15-13-16)24-23-25-22(26)21(27-23)20(17-8-4-2-5-9-17)18-10-6-3-7-11-18/h2-15,20-21H,1H3,(H,24,25,26). The molecular formula is C23H20N2OS. The van der Waals surface area contributed by atoms with Crippen LogP contribution >= 0.6 is 11.8 Å². The molecule has 1 atom stereocenters. The molecule has 1 amide bonds. The van der Waals surface area contributed by atoms with Crippen LogP contribution in [0.1, 0.15) is 22.6 Å². The Hall–Kier alpha value is -2.85. The van der Waals surface area contributed by atoms with Crippen molar-refractivity contribution >= 4 is 28.5 Å². The van der Waals surface area contributed by atoms with Gasteiger partial charge in [0.2, 0.25) is 5.91 Å². The highest BCUT2D eigenvalue weighted by atomic mass is 32.2. The maximum atomic E-state index is 12.8. The number of aryl methyl sites for hydroxylation is 1. The first-order valence-corrected chi connectivity index (χ1v) is 9.81. The van der Waals surface area contributed by atoms with Crippen molar-refractivity contribution in [2.24, 2.45) is 4.99 Å². The molecule has 134 valence electrons. The van der Waals surface area contributed by atoms with Crippen molar-refractivity contribution in [1.82, 2.24) is 5.32 Å². The van der Waals surface area contributed by atoms with Gasteiger partial charge in [0.15, 0.2) is 5.17 Å². The topological polar surface area (TPSA) is 41.5 Å². The van der Waals surface area contributed by atoms with Gasteiger partial charge in [0.25, 0.3) is 0 Å². The number of nitrogens with zero attached hydrogens (tertiary/aromatic N) is 1. The third-order valence-corrected chi connectivity index (χ3v) is 5.77. The number of carbonyl (C=O) groups is 1. The molecule has 3 aromatic carbocycles. The van der Waals surface area contributed by atoms with Gasteiger partial charge in [0.1, 0.15) is 5.25 Å². The third-order valence-electron chi connectivity index (χ3n) is 4.61. The van der Waals surface area contributed by atoms with E-state index in [1.54, 1.807) is 0 Å². The lowest BCUT2D eigenvalue weighted by Gasteiger charge is -2.21. The smallest absolute Gasteiger partial charge is 0.240 e. The molecular weight excluding hydrogens is 352 g/mol. The zero-order valence-corrected chi connectivity index (χ0v) is 15.8. The molecule has 3 nitrogen and oxygen atoms in total. The van der Waals surface area contributed by atoms with E-state index in [-0.39, 0.29) is 17.1 Å². The molecule has 0 bridgehead atoms. The highest BCUT2D eigenvalue weighted by Crippen LogP contribution is 2.38. The molecule has 3 aromatic rings. The van der Waals surface area contributed by atoms with Gasteiger partial charge in [-0.3, -0.25) is 4.79 Å². The fourth-order valence-electron chi connectivity index (χ4n) is 3.25. The minimum absolute atomic E-state index is 0.00330. The molecule has 0 aromatic heterocycles. The average molecular weight is 372 g/mol. The minimum Gasteiger partial charge on any atom is -0.304 e. The summed E-state index contributed by atoms with van der Waals surface area (Å²) in [7, 11) is 0. The van der Waals surface area contributed by atoms with E-state index >= 15 is 0 Å². The van der Waals surface area contributed by atoms with Crippen LogP contribution in [0.3, 0.4) is 0 Å². The van der Waals surface area contributed by atoms with Crippen molar-refractivity contribution in [3.63, 3.8) is 0 Å². The quantitative estimate of drug-likeness (QED) is 0.696. The van der Waals surface area contributed by atoms with Crippen molar-refractivity contribution in [1.29, 1.82) is 0 Å². The highest BCUT2D eigenvalue weighted by molar-refractivity contribution is 8.15. The predicted octanol–water partition coefficient (Wildman–Crippen LogP) is 5.05. The first-order valence-electron chi connectivity index (χ1n) is 8.93. The van der Waals surface area contributed by atoms with Crippen molar-refractivity contribution in [3.8, 4) is 0 Å². The molecule has 0 saturated carbocycles. The van der Waals surface area contributed by atoms with Crippen LogP contribution in [0, 0.1) is 6.92 Å². The number of hydrogen-bond acceptors (Lipinski definition) is 3. The fraction of sp³-hybridized carbons (Fsp3) is 0.130. The number of amidine groups is 1. The van der Waals surface area contributed by atoms with Crippen LogP contribution in [-0.4, -0.2) is 16.3 Å². The Balaban J connectivity index is 1.67. The molecule has 0 aliphatic carbocycles. The molecule has 1 heterocycles. The summed E-state index contributed by atoms with van der Waals surface area (Å²) in [4.78, 5) is 17.4. The Labute approximate surface area is 163 Å². The minimum atomic E-state index is -0.251. The predicted molar refractivity (Wildman–Crippen MR) is 113 cm³/mol. The third kappa shape index (κ3) is 3.96. The maximum Gasteiger partial charge on any atom is 0.240 e. The summed E-state index contributed by atoms with van der Waals surface area (Å²) in [6.07, 6.45) is 0. The van der Waals surface area contributed by atoms with Crippen LogP contribution in [0.4, 0.5) is 5.69 Å². The van der Waals surface area contributed by atoms with E-state index in [2.05, 4.69) is 34.6 Å². The Kier molecular flexibility index (Phi) is 5.07. The van der Waals surface area contributed by atoms with Crippen molar-refractivity contribution in [2.45, 2.75) is 18.1 Å². The zero-order valence-electron chi connectivity index (χ0n) is 15.0. The van der Waals surface area contributed by atoms with Gasteiger partial charge < -0.3 is 5.32 Å². The lowest BCUT2D eigenvalue weighted by molar-refractivity contribution is -0.119. The van der Waals surface area contributed by atoms with Gasteiger partial charge in [0, 0.05) is 5.92 Å². The largest absolute Gasteiger partial charge is 0.304 e. The second kappa shape index (κ2) is 7.80. The summed E-state index contributed by atoms with van der Waals surface area (Å²) < 4.78 is 0. The van der Waals surface area contributed by atoms with Crippen LogP contribution < -0.4 is 5.32 Å². The summed E-state index contributed by atoms with van der Waals surface area (Å²) in [5.74, 6) is -0.0216. The van der Waals surface area contributed by atoms with Crippen LogP contribution in [0.2, 0.25) is 0 Å². The SMILES string of the molecule is Cc1ccc(N=C2NC(=O)C(C(c3ccccc3)c3ccccc3)S2)cc1. The number of hydrogen-bond donors (Lipinski definition) is 1. The summed E-state index contributed by atoms with van der Waals surface area (Å²) in [6.45, 7) is 2.05. The Morgan fingerprint density at radius 2 is 1.41 bits per heavy atom. The van der Waals surface area contributed by atoms with Gasteiger partial charge in [-0.05, 0) is 30.2 Å². The van der Waals surface area contributed by atoms with Gasteiger partial charge in [-0.25, -0.2) is 4.99 Å². The number of benzene rings is 3. The molecule has 1 N–H and O–H groups in total. The Morgan fingerprint density at radius 1 is 0.852 bits per heavy atom. The maximum absolute atomic E-state index is 12.8. The molecule has 4 rings (SSSR count). The summed E-state index contributed by atoms with van der Waals surface area (Å²) in [5.41, 5.74) is 4.30. The molecule has 1 aliphatic rings. The fourth-order valence-corrected chi connectivity index (χ4v) is 4.43. The second-order valence-corrected chi connectivity index (χ2v) is 7.71. The van der Waals surface area contributed by atoms with E-state index in [1.165, 1.54) is 17.3 Å². The summed E-state index contributed by atoms with van der Waals surface area (Å²) >= 11 is 1.50. The lowest BCUT2D eigenvalue weighted by atomic mass is 9.88. The zero-order chi connectivity index (χ0) is 18.6. The number of aliphatic imine (C=N–C) groups is 1. The normalized spacial score (nSPS) is 18.1. The first-order chi connectivity index (χ1) is 13.2. The molecule has 4 heteroatoms. The number of amides is 1. The summed E-state index contributed by atoms with van der Waals surface area (Å²) in [5, 5.41) is 3.37. The van der Waals surface area contributed by atoms with Crippen LogP contribution in [0.15, 0.2) is 89.9 Å². The van der Waals surface area contributed by atoms with Crippen LogP contribution in [0.25, 0.3) is 0 Å². The van der Waals surface area contributed by atoms with Gasteiger partial charge >= 0.3 is 0 Å². The molecule has 27 heavy (non-hydrogen) atoms. The molecule has 0 radical (unpaired) electrons. The van der Waals surface area contributed by atoms with E-state index in [0.29, 0.717) is 5.17 Å². The first kappa shape index (κ1) is 17.6. The Morgan fingerprint density at radius 3 is 1.96 bits per heavy atom. The molecule has 1 saturated heterocycles. The van der Waals surface area contributed by atoms with Gasteiger partial charge in [0.05, 0.1) is 5.69 Å². The molecule has 1 unspecified atom stereocenters. The highest BCUT2D eigenvalue weighted by Gasteiger charge is 2.38. The number of rotatable bonds is 4. The van der Waals surface area contributed by atoms with Gasteiger partial charge in [-0.15, -0.1) is 0 Å². The molecule has 1 aliphatic heterocycles. The Bertz CT molecular complexity index is 913. The van der Waals surface area contributed by atoms with E-state index < -0.39 is 0 Å². The lowest BCUT2D eigenvalue weighted by Crippen LogP contribution is -2.29. The van der Waals surface area contributed by atoms with E-state index in [4.69, 9.17) is 0 Å². The van der Waals surface area contributed by atoms with Crippen molar-refractivity contribution in [2.75, 3.05) is 0 Å². The van der Waals surface area contributed by atoms with Gasteiger partial charge in [-0.1, -0.05) is 90.1 Å². The van der Waals surface area contributed by atoms with E-state index in [0.717, 1.165) is 16.8 Å². The molecule has 1 fully saturated rings. The van der Waals surface area contributed by atoms with Crippen LogP contribution in [-0.2, 0) is 4.79 Å². The van der Waals surface area contributed by atoms with Crippen molar-refractivity contribution < 1.29 is 4.79 Å².